The van der Waals surface area contributed by atoms with Crippen LogP contribution in [0.5, 0.6) is 0 Å². The molecule has 0 bridgehead atoms. The highest BCUT2D eigenvalue weighted by Gasteiger charge is 2.31. The molecule has 4 heteroatoms. The molecule has 4 nitrogen and oxygen atoms in total. The zero-order valence-corrected chi connectivity index (χ0v) is 11.0. The van der Waals surface area contributed by atoms with Gasteiger partial charge in [0.1, 0.15) is 0 Å². The lowest BCUT2D eigenvalue weighted by Gasteiger charge is -2.22. The highest BCUT2D eigenvalue weighted by Crippen LogP contribution is 2.23. The first-order valence-corrected chi connectivity index (χ1v) is 6.44. The monoisotopic (exact) mass is 247 g/mol. The van der Waals surface area contributed by atoms with E-state index in [2.05, 4.69) is 12.2 Å². The molecular weight excluding hydrogens is 226 g/mol. The van der Waals surface area contributed by atoms with E-state index < -0.39 is 0 Å². The van der Waals surface area contributed by atoms with Crippen LogP contribution >= 0.6 is 0 Å². The van der Waals surface area contributed by atoms with E-state index in [0.29, 0.717) is 12.5 Å². The number of likely N-dealkylation sites (tertiary alicyclic amines) is 1. The molecule has 2 unspecified atom stereocenters. The van der Waals surface area contributed by atoms with Crippen molar-refractivity contribution in [2.75, 3.05) is 18.4 Å². The first kappa shape index (κ1) is 12.9. The van der Waals surface area contributed by atoms with Crippen LogP contribution in [-0.2, 0) is 0 Å². The number of nitrogens with one attached hydrogen (secondary N) is 1. The molecule has 2 atom stereocenters. The van der Waals surface area contributed by atoms with Crippen LogP contribution in [0, 0.1) is 12.8 Å². The topological polar surface area (TPSA) is 58.4 Å². The summed E-state index contributed by atoms with van der Waals surface area (Å²) in [6.07, 6.45) is 0.998. The molecule has 1 aliphatic heterocycles. The molecular formula is C14H21N3O. The van der Waals surface area contributed by atoms with Crippen molar-refractivity contribution in [1.82, 2.24) is 4.90 Å². The van der Waals surface area contributed by atoms with E-state index in [9.17, 15) is 4.79 Å². The van der Waals surface area contributed by atoms with Gasteiger partial charge in [0.15, 0.2) is 0 Å². The van der Waals surface area contributed by atoms with Crippen molar-refractivity contribution in [3.63, 3.8) is 0 Å². The van der Waals surface area contributed by atoms with E-state index >= 15 is 0 Å². The van der Waals surface area contributed by atoms with E-state index in [1.807, 2.05) is 36.1 Å². The van der Waals surface area contributed by atoms with Crippen molar-refractivity contribution in [2.45, 2.75) is 26.3 Å². The van der Waals surface area contributed by atoms with Gasteiger partial charge in [-0.15, -0.1) is 0 Å². The summed E-state index contributed by atoms with van der Waals surface area (Å²) in [4.78, 5) is 14.0. The lowest BCUT2D eigenvalue weighted by atomic mass is 10.1. The van der Waals surface area contributed by atoms with E-state index in [1.165, 1.54) is 0 Å². The number of urea groups is 1. The lowest BCUT2D eigenvalue weighted by molar-refractivity contribution is 0.209. The van der Waals surface area contributed by atoms with Crippen LogP contribution in [0.1, 0.15) is 18.9 Å². The number of carbonyl (C=O) groups excluding carboxylic acids is 1. The fraction of sp³-hybridized carbons (Fsp3) is 0.500. The van der Waals surface area contributed by atoms with Crippen molar-refractivity contribution < 1.29 is 4.79 Å². The van der Waals surface area contributed by atoms with Gasteiger partial charge in [-0.25, -0.2) is 4.79 Å². The minimum Gasteiger partial charge on any atom is -0.330 e. The molecule has 0 saturated carbocycles. The summed E-state index contributed by atoms with van der Waals surface area (Å²) in [5, 5.41) is 2.95. The van der Waals surface area contributed by atoms with Gasteiger partial charge >= 0.3 is 6.03 Å². The predicted octanol–water partition coefficient (Wildman–Crippen LogP) is 2.20. The van der Waals surface area contributed by atoms with Crippen molar-refractivity contribution in [3.8, 4) is 0 Å². The molecule has 18 heavy (non-hydrogen) atoms. The number of nitrogens with zero attached hydrogens (tertiary/aromatic N) is 1. The Morgan fingerprint density at radius 3 is 2.94 bits per heavy atom. The third-order valence-electron chi connectivity index (χ3n) is 3.52. The van der Waals surface area contributed by atoms with Crippen molar-refractivity contribution in [3.05, 3.63) is 29.8 Å². The van der Waals surface area contributed by atoms with Gasteiger partial charge in [0.05, 0.1) is 0 Å². The third-order valence-corrected chi connectivity index (χ3v) is 3.52. The molecule has 1 fully saturated rings. The summed E-state index contributed by atoms with van der Waals surface area (Å²) in [5.41, 5.74) is 7.66. The Morgan fingerprint density at radius 2 is 2.33 bits per heavy atom. The largest absolute Gasteiger partial charge is 0.330 e. The molecule has 0 aliphatic carbocycles. The van der Waals surface area contributed by atoms with Crippen LogP contribution in [0.4, 0.5) is 10.5 Å². The average molecular weight is 247 g/mol. The van der Waals surface area contributed by atoms with Crippen molar-refractivity contribution in [1.29, 1.82) is 0 Å². The van der Waals surface area contributed by atoms with Gasteiger partial charge in [0.25, 0.3) is 0 Å². The Bertz CT molecular complexity index is 433. The SMILES string of the molecule is Cc1cccc(NC(=O)N2CC(CN)CC2C)c1. The van der Waals surface area contributed by atoms with E-state index in [4.69, 9.17) is 5.73 Å². The Kier molecular flexibility index (Phi) is 3.87. The van der Waals surface area contributed by atoms with Crippen LogP contribution in [0.15, 0.2) is 24.3 Å². The van der Waals surface area contributed by atoms with Crippen LogP contribution < -0.4 is 11.1 Å². The molecule has 2 rings (SSSR count). The van der Waals surface area contributed by atoms with Crippen LogP contribution in [-0.4, -0.2) is 30.1 Å². The summed E-state index contributed by atoms with van der Waals surface area (Å²) in [7, 11) is 0. The molecule has 0 aromatic heterocycles. The summed E-state index contributed by atoms with van der Waals surface area (Å²) in [6, 6.07) is 8.08. The van der Waals surface area contributed by atoms with Gasteiger partial charge < -0.3 is 16.0 Å². The maximum Gasteiger partial charge on any atom is 0.322 e. The Labute approximate surface area is 108 Å². The van der Waals surface area contributed by atoms with E-state index in [-0.39, 0.29) is 12.1 Å². The number of anilines is 1. The molecule has 2 amide bonds. The fourth-order valence-corrected chi connectivity index (χ4v) is 2.51. The first-order valence-electron chi connectivity index (χ1n) is 6.44. The minimum atomic E-state index is -0.0240. The van der Waals surface area contributed by atoms with Gasteiger partial charge in [0, 0.05) is 18.3 Å². The highest BCUT2D eigenvalue weighted by molar-refractivity contribution is 5.89. The second-order valence-corrected chi connectivity index (χ2v) is 5.14. The Hall–Kier alpha value is -1.55. The molecule has 1 aliphatic rings. The second-order valence-electron chi connectivity index (χ2n) is 5.14. The fourth-order valence-electron chi connectivity index (χ4n) is 2.51. The lowest BCUT2D eigenvalue weighted by Crippen LogP contribution is -2.37. The molecule has 0 spiro atoms. The van der Waals surface area contributed by atoms with Crippen LogP contribution in [0.3, 0.4) is 0 Å². The number of benzene rings is 1. The summed E-state index contributed by atoms with van der Waals surface area (Å²) in [6.45, 7) is 5.50. The molecule has 1 saturated heterocycles. The quantitative estimate of drug-likeness (QED) is 0.841. The zero-order valence-electron chi connectivity index (χ0n) is 11.0. The van der Waals surface area contributed by atoms with Gasteiger partial charge in [-0.3, -0.25) is 0 Å². The molecule has 1 heterocycles. The maximum absolute atomic E-state index is 12.2. The summed E-state index contributed by atoms with van der Waals surface area (Å²) in [5.74, 6) is 0.434. The Balaban J connectivity index is 2.00. The van der Waals surface area contributed by atoms with E-state index in [0.717, 1.165) is 24.2 Å². The number of nitrogens with two attached hydrogens (primary N) is 1. The summed E-state index contributed by atoms with van der Waals surface area (Å²) < 4.78 is 0. The third kappa shape index (κ3) is 2.82. The molecule has 1 aromatic rings. The molecule has 98 valence electrons. The van der Waals surface area contributed by atoms with Gasteiger partial charge in [-0.1, -0.05) is 12.1 Å². The van der Waals surface area contributed by atoms with Crippen molar-refractivity contribution in [2.24, 2.45) is 11.7 Å². The molecule has 3 N–H and O–H groups in total. The molecule has 1 aromatic carbocycles. The second kappa shape index (κ2) is 5.40. The van der Waals surface area contributed by atoms with Gasteiger partial charge in [0.2, 0.25) is 0 Å². The normalized spacial score (nSPS) is 23.2. The maximum atomic E-state index is 12.2. The minimum absolute atomic E-state index is 0.0240. The Morgan fingerprint density at radius 1 is 1.56 bits per heavy atom. The van der Waals surface area contributed by atoms with Crippen LogP contribution in [0.25, 0.3) is 0 Å². The number of aryl methyl sites for hydroxylation is 1. The number of amides is 2. The highest BCUT2D eigenvalue weighted by atomic mass is 16.2. The van der Waals surface area contributed by atoms with Gasteiger partial charge in [-0.2, -0.15) is 0 Å². The van der Waals surface area contributed by atoms with E-state index in [1.54, 1.807) is 0 Å². The zero-order chi connectivity index (χ0) is 13.1. The van der Waals surface area contributed by atoms with Crippen molar-refractivity contribution >= 4 is 11.7 Å². The number of hydrogen-bond acceptors (Lipinski definition) is 2. The number of carbonyl (C=O) groups is 1. The smallest absolute Gasteiger partial charge is 0.322 e. The number of hydrogen-bond donors (Lipinski definition) is 2. The first-order chi connectivity index (χ1) is 8.60. The standard InChI is InChI=1S/C14H21N3O/c1-10-4-3-5-13(6-10)16-14(18)17-9-12(8-15)7-11(17)2/h3-6,11-12H,7-9,15H2,1-2H3,(H,16,18). The predicted molar refractivity (Wildman–Crippen MR) is 73.5 cm³/mol. The van der Waals surface area contributed by atoms with Crippen LogP contribution in [0.2, 0.25) is 0 Å². The number of rotatable bonds is 2. The molecule has 0 radical (unpaired) electrons. The average Bonchev–Trinajstić information content (AvgIpc) is 2.70. The summed E-state index contributed by atoms with van der Waals surface area (Å²) >= 11 is 0. The van der Waals surface area contributed by atoms with Gasteiger partial charge in [-0.05, 0) is 50.4 Å².